The predicted molar refractivity (Wildman–Crippen MR) is 120 cm³/mol. The molecule has 0 aromatic heterocycles. The number of anilines is 2. The van der Waals surface area contributed by atoms with Crippen molar-refractivity contribution < 1.29 is 14.4 Å². The minimum atomic E-state index is -1.11. The smallest absolute Gasteiger partial charge is 0.250 e. The SMILES string of the molecule is O=C1[C@H]2[C@H]3CCCN3[C@]3(C(=O)Nc4ccccc43)[C@@H]2C(=O)N1c1ccc2ccccc2c1. The van der Waals surface area contributed by atoms with Crippen molar-refractivity contribution in [3.05, 3.63) is 72.3 Å². The second-order valence-electron chi connectivity index (χ2n) is 9.22. The molecule has 3 saturated heterocycles. The number of nitrogens with one attached hydrogen (secondary N) is 1. The topological polar surface area (TPSA) is 69.7 Å². The molecule has 1 N–H and O–H groups in total. The monoisotopic (exact) mass is 423 g/mol. The lowest BCUT2D eigenvalue weighted by molar-refractivity contribution is -0.135. The van der Waals surface area contributed by atoms with E-state index in [1.807, 2.05) is 66.7 Å². The first kappa shape index (κ1) is 18.1. The summed E-state index contributed by atoms with van der Waals surface area (Å²) in [6.45, 7) is 0.718. The van der Waals surface area contributed by atoms with Crippen LogP contribution in [0, 0.1) is 11.8 Å². The third-order valence-electron chi connectivity index (χ3n) is 7.89. The molecule has 3 aromatic carbocycles. The van der Waals surface area contributed by atoms with Crippen molar-refractivity contribution in [1.29, 1.82) is 0 Å². The molecule has 0 radical (unpaired) electrons. The Hall–Kier alpha value is -3.51. The van der Waals surface area contributed by atoms with Crippen molar-refractivity contribution in [2.75, 3.05) is 16.8 Å². The molecule has 4 atom stereocenters. The first-order valence-electron chi connectivity index (χ1n) is 11.2. The van der Waals surface area contributed by atoms with E-state index in [1.54, 1.807) is 0 Å². The van der Waals surface area contributed by atoms with Crippen molar-refractivity contribution in [3.63, 3.8) is 0 Å². The minimum absolute atomic E-state index is 0.0983. The fourth-order valence-electron chi connectivity index (χ4n) is 6.73. The molecule has 0 saturated carbocycles. The van der Waals surface area contributed by atoms with Crippen LogP contribution in [0.1, 0.15) is 18.4 Å². The highest BCUT2D eigenvalue weighted by Crippen LogP contribution is 2.60. The zero-order valence-electron chi connectivity index (χ0n) is 17.3. The molecule has 1 spiro atoms. The van der Waals surface area contributed by atoms with Crippen LogP contribution in [-0.4, -0.2) is 35.2 Å². The number of para-hydroxylation sites is 1. The van der Waals surface area contributed by atoms with E-state index in [0.29, 0.717) is 5.69 Å². The van der Waals surface area contributed by atoms with E-state index in [1.165, 1.54) is 4.90 Å². The molecule has 158 valence electrons. The van der Waals surface area contributed by atoms with Crippen molar-refractivity contribution >= 4 is 39.9 Å². The van der Waals surface area contributed by atoms with Crippen LogP contribution in [0.25, 0.3) is 10.8 Å². The van der Waals surface area contributed by atoms with Crippen LogP contribution in [0.4, 0.5) is 11.4 Å². The molecule has 4 aliphatic heterocycles. The Kier molecular flexibility index (Phi) is 3.42. The quantitative estimate of drug-likeness (QED) is 0.610. The van der Waals surface area contributed by atoms with Crippen molar-refractivity contribution in [2.45, 2.75) is 24.4 Å². The number of amides is 3. The van der Waals surface area contributed by atoms with Crippen molar-refractivity contribution in [3.8, 4) is 0 Å². The average Bonchev–Trinajstić information content (AvgIpc) is 3.51. The third-order valence-corrected chi connectivity index (χ3v) is 7.89. The van der Waals surface area contributed by atoms with E-state index in [2.05, 4.69) is 10.2 Å². The molecule has 32 heavy (non-hydrogen) atoms. The van der Waals surface area contributed by atoms with Crippen LogP contribution in [-0.2, 0) is 19.9 Å². The molecule has 3 fully saturated rings. The first-order valence-corrected chi connectivity index (χ1v) is 11.2. The van der Waals surface area contributed by atoms with E-state index in [9.17, 15) is 14.4 Å². The molecule has 0 bridgehead atoms. The van der Waals surface area contributed by atoms with Crippen LogP contribution in [0.2, 0.25) is 0 Å². The van der Waals surface area contributed by atoms with Gasteiger partial charge in [0.05, 0.1) is 17.5 Å². The molecule has 4 aliphatic rings. The lowest BCUT2D eigenvalue weighted by Crippen LogP contribution is -2.54. The van der Waals surface area contributed by atoms with E-state index >= 15 is 0 Å². The molecule has 6 nitrogen and oxygen atoms in total. The minimum Gasteiger partial charge on any atom is -0.324 e. The maximum atomic E-state index is 14.0. The van der Waals surface area contributed by atoms with Gasteiger partial charge in [-0.2, -0.15) is 0 Å². The summed E-state index contributed by atoms with van der Waals surface area (Å²) in [7, 11) is 0. The standard InChI is InChI=1S/C26H21N3O3/c30-23-21-20-10-5-13-28(20)26(18-8-3-4-9-19(18)27-25(26)32)22(21)24(31)29(23)17-12-11-15-6-1-2-7-16(15)14-17/h1-4,6-9,11-12,14,20-22H,5,10,13H2,(H,27,32)/t20-,21+,22+,26+/m1/s1. The van der Waals surface area contributed by atoms with Gasteiger partial charge in [0.1, 0.15) is 5.54 Å². The average molecular weight is 423 g/mol. The molecular weight excluding hydrogens is 402 g/mol. The number of rotatable bonds is 1. The van der Waals surface area contributed by atoms with E-state index in [4.69, 9.17) is 0 Å². The zero-order valence-corrected chi connectivity index (χ0v) is 17.3. The van der Waals surface area contributed by atoms with E-state index in [-0.39, 0.29) is 23.8 Å². The number of fused-ring (bicyclic) bond motifs is 8. The number of hydrogen-bond acceptors (Lipinski definition) is 4. The fourth-order valence-corrected chi connectivity index (χ4v) is 6.73. The maximum absolute atomic E-state index is 14.0. The molecule has 3 aromatic rings. The maximum Gasteiger partial charge on any atom is 0.250 e. The highest BCUT2D eigenvalue weighted by molar-refractivity contribution is 6.26. The zero-order chi connectivity index (χ0) is 21.6. The van der Waals surface area contributed by atoms with Crippen LogP contribution >= 0.6 is 0 Å². The van der Waals surface area contributed by atoms with Crippen molar-refractivity contribution in [2.24, 2.45) is 11.8 Å². The normalized spacial score (nSPS) is 30.8. The summed E-state index contributed by atoms with van der Waals surface area (Å²) in [4.78, 5) is 44.8. The number of carbonyl (C=O) groups excluding carboxylic acids is 3. The third kappa shape index (κ3) is 1.97. The van der Waals surface area contributed by atoms with Gasteiger partial charge in [-0.15, -0.1) is 0 Å². The van der Waals surface area contributed by atoms with Gasteiger partial charge in [0.25, 0.3) is 0 Å². The van der Waals surface area contributed by atoms with Crippen LogP contribution in [0.5, 0.6) is 0 Å². The van der Waals surface area contributed by atoms with Gasteiger partial charge >= 0.3 is 0 Å². The second kappa shape index (κ2) is 6.04. The molecule has 4 heterocycles. The molecule has 0 aliphatic carbocycles. The lowest BCUT2D eigenvalue weighted by Gasteiger charge is -2.36. The Labute approximate surface area is 184 Å². The van der Waals surface area contributed by atoms with Gasteiger partial charge in [-0.3, -0.25) is 19.3 Å². The molecule has 6 heteroatoms. The number of benzene rings is 3. The predicted octanol–water partition coefficient (Wildman–Crippen LogP) is 3.27. The number of imide groups is 1. The Morgan fingerprint density at radius 1 is 0.875 bits per heavy atom. The first-order chi connectivity index (χ1) is 15.6. The van der Waals surface area contributed by atoms with Crippen LogP contribution < -0.4 is 10.2 Å². The van der Waals surface area contributed by atoms with E-state index in [0.717, 1.165) is 41.4 Å². The Bertz CT molecular complexity index is 1350. The summed E-state index contributed by atoms with van der Waals surface area (Å²) in [5.74, 6) is -1.85. The van der Waals surface area contributed by atoms with Gasteiger partial charge in [-0.1, -0.05) is 48.5 Å². The number of carbonyl (C=O) groups is 3. The number of nitrogens with zero attached hydrogens (tertiary/aromatic N) is 2. The van der Waals surface area contributed by atoms with Gasteiger partial charge in [-0.25, -0.2) is 4.90 Å². The largest absolute Gasteiger partial charge is 0.324 e. The summed E-state index contributed by atoms with van der Waals surface area (Å²) in [5, 5.41) is 5.04. The Morgan fingerprint density at radius 3 is 2.53 bits per heavy atom. The Morgan fingerprint density at radius 2 is 1.66 bits per heavy atom. The van der Waals surface area contributed by atoms with Gasteiger partial charge in [-0.05, 0) is 48.4 Å². The van der Waals surface area contributed by atoms with Crippen LogP contribution in [0.15, 0.2) is 66.7 Å². The lowest BCUT2D eigenvalue weighted by atomic mass is 9.75. The molecular formula is C26H21N3O3. The Balaban J connectivity index is 1.42. The summed E-state index contributed by atoms with van der Waals surface area (Å²) >= 11 is 0. The van der Waals surface area contributed by atoms with Gasteiger partial charge < -0.3 is 5.32 Å². The van der Waals surface area contributed by atoms with Crippen molar-refractivity contribution in [1.82, 2.24) is 4.90 Å². The molecule has 0 unspecified atom stereocenters. The number of hydrogen-bond donors (Lipinski definition) is 1. The highest BCUT2D eigenvalue weighted by Gasteiger charge is 2.74. The fraction of sp³-hybridized carbons (Fsp3) is 0.269. The van der Waals surface area contributed by atoms with Gasteiger partial charge in [0, 0.05) is 17.3 Å². The summed E-state index contributed by atoms with van der Waals surface area (Å²) in [5.41, 5.74) is 1.04. The summed E-state index contributed by atoms with van der Waals surface area (Å²) < 4.78 is 0. The summed E-state index contributed by atoms with van der Waals surface area (Å²) in [6, 6.07) is 21.1. The van der Waals surface area contributed by atoms with Gasteiger partial charge in [0.2, 0.25) is 17.7 Å². The van der Waals surface area contributed by atoms with Gasteiger partial charge in [0.15, 0.2) is 0 Å². The highest BCUT2D eigenvalue weighted by atomic mass is 16.2. The summed E-state index contributed by atoms with van der Waals surface area (Å²) in [6.07, 6.45) is 1.74. The van der Waals surface area contributed by atoms with Crippen LogP contribution in [0.3, 0.4) is 0 Å². The molecule has 3 amide bonds. The second-order valence-corrected chi connectivity index (χ2v) is 9.22. The van der Waals surface area contributed by atoms with E-state index < -0.39 is 17.4 Å². The molecule has 7 rings (SSSR count).